The van der Waals surface area contributed by atoms with Crippen LogP contribution in [0.2, 0.25) is 0 Å². The lowest BCUT2D eigenvalue weighted by Crippen LogP contribution is -2.45. The topological polar surface area (TPSA) is 148 Å². The third-order valence-electron chi connectivity index (χ3n) is 3.87. The number of fused-ring (bicyclic) bond motifs is 1. The van der Waals surface area contributed by atoms with Crippen LogP contribution in [0.15, 0.2) is 10.9 Å². The van der Waals surface area contributed by atoms with Crippen molar-refractivity contribution in [2.45, 2.75) is 25.8 Å². The van der Waals surface area contributed by atoms with E-state index in [9.17, 15) is 24.6 Å². The van der Waals surface area contributed by atoms with Gasteiger partial charge in [0.15, 0.2) is 0 Å². The number of phenolic OH excluding ortho intramolecular Hbond substituents is 2. The van der Waals surface area contributed by atoms with E-state index >= 15 is 0 Å². The Labute approximate surface area is 129 Å². The fraction of sp³-hybridized carbons (Fsp3) is 0.286. The van der Waals surface area contributed by atoms with E-state index < -0.39 is 29.2 Å². The first kappa shape index (κ1) is 14.8. The highest BCUT2D eigenvalue weighted by molar-refractivity contribution is 6.00. The van der Waals surface area contributed by atoms with Crippen molar-refractivity contribution in [3.63, 3.8) is 0 Å². The second-order valence-corrected chi connectivity index (χ2v) is 5.35. The first-order valence-corrected chi connectivity index (χ1v) is 6.88. The van der Waals surface area contributed by atoms with Gasteiger partial charge in [0.25, 0.3) is 5.56 Å². The van der Waals surface area contributed by atoms with Crippen LogP contribution < -0.4 is 16.6 Å². The molecule has 1 aromatic heterocycles. The third kappa shape index (κ3) is 2.17. The van der Waals surface area contributed by atoms with Gasteiger partial charge in [-0.05, 0) is 13.3 Å². The number of aromatic nitrogens is 2. The first-order valence-electron chi connectivity index (χ1n) is 6.88. The monoisotopic (exact) mass is 318 g/mol. The molecule has 1 unspecified atom stereocenters. The number of phenols is 2. The Balaban J connectivity index is 2.31. The summed E-state index contributed by atoms with van der Waals surface area (Å²) in [6, 6.07) is 0.0980. The number of aromatic hydroxyl groups is 2. The number of hydrogen-bond donors (Lipinski definition) is 4. The fourth-order valence-corrected chi connectivity index (χ4v) is 2.77. The number of amides is 2. The van der Waals surface area contributed by atoms with Gasteiger partial charge in [-0.15, -0.1) is 0 Å². The van der Waals surface area contributed by atoms with Gasteiger partial charge >= 0.3 is 0 Å². The molecule has 0 saturated carbocycles. The zero-order valence-corrected chi connectivity index (χ0v) is 12.2. The summed E-state index contributed by atoms with van der Waals surface area (Å²) in [4.78, 5) is 40.2. The van der Waals surface area contributed by atoms with Crippen LogP contribution in [0.3, 0.4) is 0 Å². The maximum Gasteiger partial charge on any atom is 0.264 e. The van der Waals surface area contributed by atoms with Crippen LogP contribution in [0.1, 0.15) is 24.7 Å². The van der Waals surface area contributed by atoms with Gasteiger partial charge in [0, 0.05) is 12.5 Å². The first-order chi connectivity index (χ1) is 10.8. The van der Waals surface area contributed by atoms with Crippen molar-refractivity contribution in [2.75, 3.05) is 5.73 Å². The van der Waals surface area contributed by atoms with Crippen LogP contribution in [0.4, 0.5) is 5.69 Å². The number of aryl methyl sites for hydroxylation is 1. The normalized spacial score (nSPS) is 18.2. The second kappa shape index (κ2) is 4.97. The van der Waals surface area contributed by atoms with Crippen LogP contribution in [0, 0.1) is 6.92 Å². The summed E-state index contributed by atoms with van der Waals surface area (Å²) in [6.07, 6.45) is 0.254. The highest BCUT2D eigenvalue weighted by Gasteiger charge is 2.31. The van der Waals surface area contributed by atoms with Crippen molar-refractivity contribution in [3.8, 4) is 11.5 Å². The summed E-state index contributed by atoms with van der Waals surface area (Å²) in [5.41, 5.74) is 4.79. The van der Waals surface area contributed by atoms with Gasteiger partial charge in [0.05, 0.1) is 11.1 Å². The van der Waals surface area contributed by atoms with E-state index in [2.05, 4.69) is 10.3 Å². The van der Waals surface area contributed by atoms with Gasteiger partial charge in [-0.2, -0.15) is 0 Å². The summed E-state index contributed by atoms with van der Waals surface area (Å²) >= 11 is 0. The lowest BCUT2D eigenvalue weighted by Gasteiger charge is -2.24. The minimum absolute atomic E-state index is 0.0497. The Morgan fingerprint density at radius 2 is 2.00 bits per heavy atom. The van der Waals surface area contributed by atoms with E-state index in [4.69, 9.17) is 5.73 Å². The zero-order valence-electron chi connectivity index (χ0n) is 12.2. The standard InChI is InChI=1S/C14H14N4O5/c1-5-16-12-8(20)4-7(19)11(15)10(12)14(23)18(5)6-2-3-9(21)17-13(6)22/h4,6,19-20H,2-3,15H2,1H3,(H,17,21,22). The number of nitrogen functional groups attached to an aromatic ring is 1. The summed E-state index contributed by atoms with van der Waals surface area (Å²) in [5.74, 6) is -1.65. The smallest absolute Gasteiger partial charge is 0.264 e. The van der Waals surface area contributed by atoms with E-state index in [0.717, 1.165) is 10.6 Å². The number of carbonyl (C=O) groups is 2. The van der Waals surface area contributed by atoms with E-state index in [-0.39, 0.29) is 41.0 Å². The minimum atomic E-state index is -0.902. The molecule has 2 heterocycles. The van der Waals surface area contributed by atoms with Crippen molar-refractivity contribution in [1.82, 2.24) is 14.9 Å². The highest BCUT2D eigenvalue weighted by Crippen LogP contribution is 2.34. The molecule has 9 nitrogen and oxygen atoms in total. The average Bonchev–Trinajstić information content (AvgIpc) is 2.46. The van der Waals surface area contributed by atoms with Crippen molar-refractivity contribution in [1.29, 1.82) is 0 Å². The Bertz CT molecular complexity index is 918. The molecule has 0 radical (unpaired) electrons. The number of piperidine rings is 1. The zero-order chi connectivity index (χ0) is 16.9. The van der Waals surface area contributed by atoms with E-state index in [0.29, 0.717) is 0 Å². The predicted octanol–water partition coefficient (Wildman–Crippen LogP) is -0.324. The second-order valence-electron chi connectivity index (χ2n) is 5.35. The Morgan fingerprint density at radius 1 is 1.30 bits per heavy atom. The number of nitrogens with zero attached hydrogens (tertiary/aromatic N) is 2. The number of imide groups is 1. The predicted molar refractivity (Wildman–Crippen MR) is 79.9 cm³/mol. The molecule has 1 aliphatic rings. The van der Waals surface area contributed by atoms with Crippen LogP contribution in [0.25, 0.3) is 10.9 Å². The van der Waals surface area contributed by atoms with Gasteiger partial charge in [-0.25, -0.2) is 4.98 Å². The van der Waals surface area contributed by atoms with Crippen LogP contribution in [-0.2, 0) is 9.59 Å². The van der Waals surface area contributed by atoms with Crippen molar-refractivity contribution < 1.29 is 19.8 Å². The molecule has 1 saturated heterocycles. The molecule has 0 spiro atoms. The average molecular weight is 318 g/mol. The molecule has 120 valence electrons. The Morgan fingerprint density at radius 3 is 2.65 bits per heavy atom. The number of benzene rings is 1. The molecule has 1 aromatic carbocycles. The summed E-state index contributed by atoms with van der Waals surface area (Å²) in [6.45, 7) is 1.51. The summed E-state index contributed by atoms with van der Waals surface area (Å²) in [5, 5.41) is 21.6. The summed E-state index contributed by atoms with van der Waals surface area (Å²) < 4.78 is 1.12. The van der Waals surface area contributed by atoms with Gasteiger partial charge in [0.2, 0.25) is 11.8 Å². The van der Waals surface area contributed by atoms with Crippen molar-refractivity contribution in [3.05, 3.63) is 22.2 Å². The fourth-order valence-electron chi connectivity index (χ4n) is 2.77. The SMILES string of the molecule is Cc1nc2c(O)cc(O)c(N)c2c(=O)n1C1CCC(=O)NC1=O. The lowest BCUT2D eigenvalue weighted by molar-refractivity contribution is -0.135. The molecule has 1 atom stereocenters. The van der Waals surface area contributed by atoms with Crippen molar-refractivity contribution >= 4 is 28.4 Å². The molecular weight excluding hydrogens is 304 g/mol. The van der Waals surface area contributed by atoms with Gasteiger partial charge in [-0.3, -0.25) is 24.3 Å². The molecule has 2 aromatic rings. The largest absolute Gasteiger partial charge is 0.506 e. The molecule has 0 aliphatic carbocycles. The summed E-state index contributed by atoms with van der Waals surface area (Å²) in [7, 11) is 0. The molecular formula is C14H14N4O5. The number of carbonyl (C=O) groups excluding carboxylic acids is 2. The van der Waals surface area contributed by atoms with Gasteiger partial charge < -0.3 is 15.9 Å². The van der Waals surface area contributed by atoms with Crippen LogP contribution >= 0.6 is 0 Å². The number of anilines is 1. The highest BCUT2D eigenvalue weighted by atomic mass is 16.3. The van der Waals surface area contributed by atoms with E-state index in [1.54, 1.807) is 0 Å². The quantitative estimate of drug-likeness (QED) is 0.244. The number of nitrogens with two attached hydrogens (primary N) is 1. The molecule has 1 aliphatic heterocycles. The van der Waals surface area contributed by atoms with E-state index in [1.807, 2.05) is 0 Å². The Hall–Kier alpha value is -3.10. The van der Waals surface area contributed by atoms with Crippen LogP contribution in [-0.4, -0.2) is 31.6 Å². The molecule has 2 amide bonds. The lowest BCUT2D eigenvalue weighted by atomic mass is 10.0. The third-order valence-corrected chi connectivity index (χ3v) is 3.87. The maximum atomic E-state index is 12.8. The number of rotatable bonds is 1. The molecule has 23 heavy (non-hydrogen) atoms. The molecule has 5 N–H and O–H groups in total. The molecule has 1 fully saturated rings. The van der Waals surface area contributed by atoms with Gasteiger partial charge in [0.1, 0.15) is 28.9 Å². The van der Waals surface area contributed by atoms with E-state index in [1.165, 1.54) is 6.92 Å². The molecule has 0 bridgehead atoms. The minimum Gasteiger partial charge on any atom is -0.506 e. The Kier molecular flexibility index (Phi) is 3.20. The van der Waals surface area contributed by atoms with Crippen molar-refractivity contribution in [2.24, 2.45) is 0 Å². The number of nitrogens with one attached hydrogen (secondary N) is 1. The maximum absolute atomic E-state index is 12.8. The number of hydrogen-bond acceptors (Lipinski definition) is 7. The molecule has 9 heteroatoms. The van der Waals surface area contributed by atoms with Crippen LogP contribution in [0.5, 0.6) is 11.5 Å². The van der Waals surface area contributed by atoms with Gasteiger partial charge in [-0.1, -0.05) is 0 Å². The molecule has 3 rings (SSSR count).